The van der Waals surface area contributed by atoms with Gasteiger partial charge in [0.15, 0.2) is 5.58 Å². The van der Waals surface area contributed by atoms with E-state index in [1.165, 1.54) is 22.8 Å². The van der Waals surface area contributed by atoms with Crippen molar-refractivity contribution in [3.8, 4) is 11.8 Å². The van der Waals surface area contributed by atoms with Gasteiger partial charge in [-0.25, -0.2) is 18.2 Å². The van der Waals surface area contributed by atoms with E-state index in [0.29, 0.717) is 17.6 Å². The summed E-state index contributed by atoms with van der Waals surface area (Å²) in [6.07, 6.45) is 0. The summed E-state index contributed by atoms with van der Waals surface area (Å²) in [5.41, 5.74) is 2.56. The summed E-state index contributed by atoms with van der Waals surface area (Å²) in [5, 5.41) is 0. The first kappa shape index (κ1) is 25.2. The highest BCUT2D eigenvalue weighted by molar-refractivity contribution is 7.92. The van der Waals surface area contributed by atoms with Crippen LogP contribution in [-0.2, 0) is 10.0 Å². The Labute approximate surface area is 208 Å². The minimum absolute atomic E-state index is 0.107. The number of aryl methyl sites for hydroxylation is 1. The van der Waals surface area contributed by atoms with E-state index >= 15 is 0 Å². The smallest absolute Gasteiger partial charge is 0.408 e. The van der Waals surface area contributed by atoms with Crippen LogP contribution in [0.5, 0.6) is 0 Å². The Morgan fingerprint density at radius 1 is 1.17 bits per heavy atom. The van der Waals surface area contributed by atoms with E-state index in [-0.39, 0.29) is 16.3 Å². The maximum absolute atomic E-state index is 13.4. The minimum Gasteiger partial charge on any atom is -0.408 e. The van der Waals surface area contributed by atoms with Gasteiger partial charge in [0.25, 0.3) is 10.0 Å². The van der Waals surface area contributed by atoms with Gasteiger partial charge >= 0.3 is 5.76 Å². The van der Waals surface area contributed by atoms with E-state index in [0.717, 1.165) is 17.2 Å². The lowest BCUT2D eigenvalue weighted by atomic mass is 10.0. The molecule has 0 spiro atoms. The zero-order valence-electron chi connectivity index (χ0n) is 20.2. The molecule has 0 saturated carbocycles. The molecule has 4 aromatic rings. The van der Waals surface area contributed by atoms with E-state index < -0.39 is 27.8 Å². The highest BCUT2D eigenvalue weighted by Crippen LogP contribution is 2.29. The summed E-state index contributed by atoms with van der Waals surface area (Å²) in [6.45, 7) is 4.06. The number of rotatable bonds is 6. The molecule has 2 heterocycles. The summed E-state index contributed by atoms with van der Waals surface area (Å²) in [6, 6.07) is 13.8. The molecule has 2 aromatic heterocycles. The summed E-state index contributed by atoms with van der Waals surface area (Å²) in [7, 11) is -0.261. The van der Waals surface area contributed by atoms with Crippen LogP contribution in [0, 0.1) is 24.7 Å². The van der Waals surface area contributed by atoms with Crippen molar-refractivity contribution in [3.05, 3.63) is 87.8 Å². The summed E-state index contributed by atoms with van der Waals surface area (Å²) in [5.74, 6) is 4.68. The molecule has 186 valence electrons. The van der Waals surface area contributed by atoms with Gasteiger partial charge in [-0.15, -0.1) is 0 Å². The lowest BCUT2D eigenvalue weighted by molar-refractivity contribution is 0.464. The number of sulfonamides is 1. The van der Waals surface area contributed by atoms with Gasteiger partial charge in [0.05, 0.1) is 23.0 Å². The van der Waals surface area contributed by atoms with Gasteiger partial charge in [0.1, 0.15) is 5.82 Å². The molecule has 0 aliphatic heterocycles. The Morgan fingerprint density at radius 2 is 1.92 bits per heavy atom. The lowest BCUT2D eigenvalue weighted by Gasteiger charge is -2.16. The van der Waals surface area contributed by atoms with Crippen LogP contribution in [-0.4, -0.2) is 43.5 Å². The summed E-state index contributed by atoms with van der Waals surface area (Å²) in [4.78, 5) is 18.3. The van der Waals surface area contributed by atoms with E-state index in [1.54, 1.807) is 13.0 Å². The predicted molar refractivity (Wildman–Crippen MR) is 136 cm³/mol. The third-order valence-electron chi connectivity index (χ3n) is 5.57. The second-order valence-corrected chi connectivity index (χ2v) is 10.2. The van der Waals surface area contributed by atoms with Crippen molar-refractivity contribution in [1.82, 2.24) is 14.5 Å². The van der Waals surface area contributed by atoms with E-state index in [1.807, 2.05) is 50.2 Å². The van der Waals surface area contributed by atoms with Crippen LogP contribution in [0.2, 0.25) is 0 Å². The summed E-state index contributed by atoms with van der Waals surface area (Å²) < 4.78 is 48.6. The molecule has 10 heteroatoms. The molecule has 0 aliphatic carbocycles. The molecule has 1 atom stereocenters. The second-order valence-electron chi connectivity index (χ2n) is 8.58. The largest absolute Gasteiger partial charge is 0.420 e. The van der Waals surface area contributed by atoms with Crippen LogP contribution in [0.25, 0.3) is 11.1 Å². The van der Waals surface area contributed by atoms with Crippen molar-refractivity contribution in [2.24, 2.45) is 0 Å². The number of nitrogens with one attached hydrogen (secondary N) is 1. The normalized spacial score (nSPS) is 12.4. The number of fused-ring (bicyclic) bond motifs is 1. The maximum atomic E-state index is 13.4. The van der Waals surface area contributed by atoms with Crippen molar-refractivity contribution in [3.63, 3.8) is 0 Å². The molecule has 0 bridgehead atoms. The van der Waals surface area contributed by atoms with E-state index in [4.69, 9.17) is 4.42 Å². The van der Waals surface area contributed by atoms with Crippen LogP contribution >= 0.6 is 0 Å². The zero-order chi connectivity index (χ0) is 26.0. The number of hydrogen-bond acceptors (Lipinski definition) is 6. The first-order valence-electron chi connectivity index (χ1n) is 11.1. The van der Waals surface area contributed by atoms with Crippen LogP contribution in [0.4, 0.5) is 10.2 Å². The Bertz CT molecular complexity index is 1660. The predicted octanol–water partition coefficient (Wildman–Crippen LogP) is 3.76. The zero-order valence-corrected chi connectivity index (χ0v) is 21.1. The van der Waals surface area contributed by atoms with Gasteiger partial charge in [-0.2, -0.15) is 4.39 Å². The molecule has 0 saturated heterocycles. The number of nitrogens with zero attached hydrogens (tertiary/aromatic N) is 3. The van der Waals surface area contributed by atoms with Crippen molar-refractivity contribution in [2.75, 3.05) is 25.4 Å². The fourth-order valence-electron chi connectivity index (χ4n) is 3.89. The van der Waals surface area contributed by atoms with Crippen molar-refractivity contribution < 1.29 is 17.2 Å². The average Bonchev–Trinajstić information content (AvgIpc) is 3.12. The molecule has 2 aromatic carbocycles. The van der Waals surface area contributed by atoms with Gasteiger partial charge in [0.2, 0.25) is 5.95 Å². The third kappa shape index (κ3) is 5.17. The molecular formula is C26H25FN4O4S. The molecule has 0 radical (unpaired) electrons. The first-order valence-corrected chi connectivity index (χ1v) is 12.6. The number of aromatic nitrogens is 2. The standard InChI is InChI=1S/C26H25FN4O4S/c1-17-15-21-22(16-23(17)36(33,34)29-25-13-7-12-24(27)28-25)35-26(32)31(21)18(2)20-11-6-5-9-19(20)10-8-14-30(3)4/h5-7,9,11-13,15-16,18H,14H2,1-4H3,(H,28,29). The maximum Gasteiger partial charge on any atom is 0.420 e. The Kier molecular flexibility index (Phi) is 6.97. The van der Waals surface area contributed by atoms with Crippen molar-refractivity contribution in [2.45, 2.75) is 24.8 Å². The molecule has 4 rings (SSSR count). The van der Waals surface area contributed by atoms with Crippen LogP contribution in [0.15, 0.2) is 68.7 Å². The topological polar surface area (TPSA) is 97.4 Å². The van der Waals surface area contributed by atoms with Gasteiger partial charge in [-0.3, -0.25) is 14.2 Å². The van der Waals surface area contributed by atoms with Crippen LogP contribution in [0.3, 0.4) is 0 Å². The van der Waals surface area contributed by atoms with E-state index in [2.05, 4.69) is 21.5 Å². The lowest BCUT2D eigenvalue weighted by Crippen LogP contribution is -2.20. The number of benzene rings is 2. The Balaban J connectivity index is 1.76. The molecule has 1 N–H and O–H groups in total. The Morgan fingerprint density at radius 3 is 2.64 bits per heavy atom. The van der Waals surface area contributed by atoms with E-state index in [9.17, 15) is 17.6 Å². The van der Waals surface area contributed by atoms with Crippen LogP contribution in [0.1, 0.15) is 29.7 Å². The van der Waals surface area contributed by atoms with Gasteiger partial charge in [0, 0.05) is 11.6 Å². The molecule has 0 amide bonds. The number of halogens is 1. The monoisotopic (exact) mass is 508 g/mol. The number of anilines is 1. The Hall–Kier alpha value is -3.94. The van der Waals surface area contributed by atoms with Crippen molar-refractivity contribution >= 4 is 26.9 Å². The van der Waals surface area contributed by atoms with Crippen molar-refractivity contribution in [1.29, 1.82) is 0 Å². The quantitative estimate of drug-likeness (QED) is 0.315. The highest BCUT2D eigenvalue weighted by Gasteiger charge is 2.24. The molecule has 8 nitrogen and oxygen atoms in total. The molecule has 36 heavy (non-hydrogen) atoms. The number of pyridine rings is 1. The average molecular weight is 509 g/mol. The van der Waals surface area contributed by atoms with Gasteiger partial charge in [-0.1, -0.05) is 36.1 Å². The number of oxazole rings is 1. The van der Waals surface area contributed by atoms with Crippen LogP contribution < -0.4 is 10.5 Å². The molecular weight excluding hydrogens is 483 g/mol. The molecule has 0 fully saturated rings. The molecule has 1 unspecified atom stereocenters. The molecule has 0 aliphatic rings. The minimum atomic E-state index is -4.13. The number of hydrogen-bond donors (Lipinski definition) is 1. The van der Waals surface area contributed by atoms with Gasteiger partial charge in [-0.05, 0) is 63.3 Å². The fraction of sp³-hybridized carbons (Fsp3) is 0.231. The third-order valence-corrected chi connectivity index (χ3v) is 7.07. The second kappa shape index (κ2) is 9.97. The summed E-state index contributed by atoms with van der Waals surface area (Å²) >= 11 is 0. The SMILES string of the molecule is Cc1cc2c(cc1S(=O)(=O)Nc1cccc(F)n1)oc(=O)n2C(C)c1ccccc1C#CCN(C)C. The fourth-order valence-corrected chi connectivity index (χ4v) is 5.13. The van der Waals surface area contributed by atoms with Gasteiger partial charge < -0.3 is 4.42 Å². The first-order chi connectivity index (χ1) is 17.1. The highest BCUT2D eigenvalue weighted by atomic mass is 32.2.